The van der Waals surface area contributed by atoms with Crippen LogP contribution in [0.15, 0.2) is 59.1 Å². The number of carbonyl (C=O) groups is 1. The molecule has 0 amide bonds. The Morgan fingerprint density at radius 2 is 1.83 bits per heavy atom. The highest BCUT2D eigenvalue weighted by molar-refractivity contribution is 9.10. The van der Waals surface area contributed by atoms with Gasteiger partial charge in [-0.3, -0.25) is 4.79 Å². The van der Waals surface area contributed by atoms with Crippen molar-refractivity contribution in [3.8, 4) is 0 Å². The molecular formula is C15H10BrFO. The molecule has 0 unspecified atom stereocenters. The average Bonchev–Trinajstić information content (AvgIpc) is 2.37. The summed E-state index contributed by atoms with van der Waals surface area (Å²) in [5, 5.41) is 0. The van der Waals surface area contributed by atoms with Crippen LogP contribution < -0.4 is 0 Å². The topological polar surface area (TPSA) is 17.1 Å². The van der Waals surface area contributed by atoms with Gasteiger partial charge in [0.2, 0.25) is 0 Å². The second-order valence-corrected chi connectivity index (χ2v) is 4.68. The summed E-state index contributed by atoms with van der Waals surface area (Å²) >= 11 is 3.36. The molecule has 2 aromatic rings. The predicted octanol–water partition coefficient (Wildman–Crippen LogP) is 4.48. The lowest BCUT2D eigenvalue weighted by Gasteiger charge is -1.96. The number of hydrogen-bond acceptors (Lipinski definition) is 1. The van der Waals surface area contributed by atoms with Gasteiger partial charge in [0.05, 0.1) is 0 Å². The van der Waals surface area contributed by atoms with Crippen molar-refractivity contribution in [2.45, 2.75) is 0 Å². The van der Waals surface area contributed by atoms with Crippen LogP contribution in [0.3, 0.4) is 0 Å². The molecular weight excluding hydrogens is 295 g/mol. The fourth-order valence-electron chi connectivity index (χ4n) is 1.49. The second-order valence-electron chi connectivity index (χ2n) is 3.76. The number of hydrogen-bond donors (Lipinski definition) is 0. The quantitative estimate of drug-likeness (QED) is 0.603. The first-order valence-corrected chi connectivity index (χ1v) is 6.18. The van der Waals surface area contributed by atoms with Crippen molar-refractivity contribution in [3.05, 3.63) is 76.0 Å². The minimum absolute atomic E-state index is 0.144. The lowest BCUT2D eigenvalue weighted by atomic mass is 10.1. The Hall–Kier alpha value is -1.74. The molecule has 2 aromatic carbocycles. The van der Waals surface area contributed by atoms with Crippen LogP contribution in [0.2, 0.25) is 0 Å². The third-order valence-corrected chi connectivity index (χ3v) is 2.90. The van der Waals surface area contributed by atoms with E-state index in [4.69, 9.17) is 0 Å². The Labute approximate surface area is 113 Å². The highest BCUT2D eigenvalue weighted by atomic mass is 79.9. The SMILES string of the molecule is O=C(/C=C/c1cccc(Br)c1)c1ccc(F)cc1. The van der Waals surface area contributed by atoms with Gasteiger partial charge in [-0.25, -0.2) is 4.39 Å². The third kappa shape index (κ3) is 3.37. The summed E-state index contributed by atoms with van der Waals surface area (Å²) in [6.07, 6.45) is 3.21. The van der Waals surface area contributed by atoms with Crippen LogP contribution >= 0.6 is 15.9 Å². The van der Waals surface area contributed by atoms with E-state index < -0.39 is 0 Å². The molecule has 0 aromatic heterocycles. The first kappa shape index (κ1) is 12.7. The van der Waals surface area contributed by atoms with Gasteiger partial charge in [-0.05, 0) is 48.0 Å². The Bertz CT molecular complexity index is 588. The first-order chi connectivity index (χ1) is 8.65. The van der Waals surface area contributed by atoms with Crippen LogP contribution in [0, 0.1) is 5.82 Å². The molecule has 0 saturated carbocycles. The molecule has 0 bridgehead atoms. The third-order valence-electron chi connectivity index (χ3n) is 2.40. The van der Waals surface area contributed by atoms with Gasteiger partial charge >= 0.3 is 0 Å². The number of ketones is 1. The molecule has 0 spiro atoms. The van der Waals surface area contributed by atoms with Gasteiger partial charge < -0.3 is 0 Å². The largest absolute Gasteiger partial charge is 0.289 e. The maximum atomic E-state index is 12.7. The molecule has 18 heavy (non-hydrogen) atoms. The normalized spacial score (nSPS) is 10.8. The van der Waals surface area contributed by atoms with Crippen LogP contribution in [0.1, 0.15) is 15.9 Å². The van der Waals surface area contributed by atoms with Crippen LogP contribution in [-0.4, -0.2) is 5.78 Å². The molecule has 0 fully saturated rings. The summed E-state index contributed by atoms with van der Waals surface area (Å²) in [6, 6.07) is 13.1. The Balaban J connectivity index is 2.14. The van der Waals surface area contributed by atoms with Crippen LogP contribution in [0.25, 0.3) is 6.08 Å². The molecule has 2 rings (SSSR count). The van der Waals surface area contributed by atoms with Crippen molar-refractivity contribution in [2.75, 3.05) is 0 Å². The number of benzene rings is 2. The summed E-state index contributed by atoms with van der Waals surface area (Å²) in [5.41, 5.74) is 1.41. The number of allylic oxidation sites excluding steroid dienone is 1. The van der Waals surface area contributed by atoms with Crippen LogP contribution in [-0.2, 0) is 0 Å². The van der Waals surface area contributed by atoms with Crippen LogP contribution in [0.5, 0.6) is 0 Å². The van der Waals surface area contributed by atoms with E-state index in [2.05, 4.69) is 15.9 Å². The van der Waals surface area contributed by atoms with E-state index in [-0.39, 0.29) is 11.6 Å². The van der Waals surface area contributed by atoms with Gasteiger partial charge in [0.25, 0.3) is 0 Å². The lowest BCUT2D eigenvalue weighted by Crippen LogP contribution is -1.93. The monoisotopic (exact) mass is 304 g/mol. The van der Waals surface area contributed by atoms with E-state index in [0.717, 1.165) is 10.0 Å². The molecule has 0 aliphatic rings. The van der Waals surface area contributed by atoms with Crippen molar-refractivity contribution in [3.63, 3.8) is 0 Å². The molecule has 1 nitrogen and oxygen atoms in total. The van der Waals surface area contributed by atoms with Crippen molar-refractivity contribution in [1.29, 1.82) is 0 Å². The smallest absolute Gasteiger partial charge is 0.185 e. The van der Waals surface area contributed by atoms with Crippen molar-refractivity contribution in [2.24, 2.45) is 0 Å². The van der Waals surface area contributed by atoms with Gasteiger partial charge in [-0.15, -0.1) is 0 Å². The predicted molar refractivity (Wildman–Crippen MR) is 73.9 cm³/mol. The van der Waals surface area contributed by atoms with E-state index in [1.165, 1.54) is 30.3 Å². The maximum absolute atomic E-state index is 12.7. The molecule has 0 aliphatic heterocycles. The van der Waals surface area contributed by atoms with E-state index >= 15 is 0 Å². The van der Waals surface area contributed by atoms with Crippen molar-refractivity contribution in [1.82, 2.24) is 0 Å². The molecule has 3 heteroatoms. The first-order valence-electron chi connectivity index (χ1n) is 5.39. The summed E-state index contributed by atoms with van der Waals surface area (Å²) < 4.78 is 13.7. The van der Waals surface area contributed by atoms with Gasteiger partial charge in [-0.2, -0.15) is 0 Å². The average molecular weight is 305 g/mol. The highest BCUT2D eigenvalue weighted by Gasteiger charge is 2.01. The lowest BCUT2D eigenvalue weighted by molar-refractivity contribution is 0.104. The zero-order chi connectivity index (χ0) is 13.0. The van der Waals surface area contributed by atoms with Gasteiger partial charge in [0.1, 0.15) is 5.82 Å². The Morgan fingerprint density at radius 1 is 1.11 bits per heavy atom. The van der Waals surface area contributed by atoms with E-state index in [0.29, 0.717) is 5.56 Å². The van der Waals surface area contributed by atoms with E-state index in [1.54, 1.807) is 6.08 Å². The van der Waals surface area contributed by atoms with Gasteiger partial charge in [0, 0.05) is 10.0 Å². The highest BCUT2D eigenvalue weighted by Crippen LogP contribution is 2.13. The zero-order valence-electron chi connectivity index (χ0n) is 9.44. The Kier molecular flexibility index (Phi) is 4.05. The second kappa shape index (κ2) is 5.74. The molecule has 0 atom stereocenters. The Morgan fingerprint density at radius 3 is 2.50 bits per heavy atom. The fraction of sp³-hybridized carbons (Fsp3) is 0. The van der Waals surface area contributed by atoms with Crippen molar-refractivity contribution >= 4 is 27.8 Å². The van der Waals surface area contributed by atoms with E-state index in [9.17, 15) is 9.18 Å². The van der Waals surface area contributed by atoms with Crippen molar-refractivity contribution < 1.29 is 9.18 Å². The summed E-state index contributed by atoms with van der Waals surface area (Å²) in [7, 11) is 0. The molecule has 90 valence electrons. The van der Waals surface area contributed by atoms with E-state index in [1.807, 2.05) is 24.3 Å². The molecule has 0 saturated heterocycles. The summed E-state index contributed by atoms with van der Waals surface area (Å²) in [6.45, 7) is 0. The minimum atomic E-state index is -0.345. The molecule has 0 radical (unpaired) electrons. The summed E-state index contributed by atoms with van der Waals surface area (Å²) in [4.78, 5) is 11.8. The fourth-order valence-corrected chi connectivity index (χ4v) is 1.91. The number of carbonyl (C=O) groups excluding carboxylic acids is 1. The summed E-state index contributed by atoms with van der Waals surface area (Å²) in [5.74, 6) is -0.488. The van der Waals surface area contributed by atoms with Gasteiger partial charge in [-0.1, -0.05) is 34.1 Å². The molecule has 0 aliphatic carbocycles. The van der Waals surface area contributed by atoms with Crippen LogP contribution in [0.4, 0.5) is 4.39 Å². The van der Waals surface area contributed by atoms with Gasteiger partial charge in [0.15, 0.2) is 5.78 Å². The maximum Gasteiger partial charge on any atom is 0.185 e. The molecule has 0 heterocycles. The molecule has 0 N–H and O–H groups in total. The zero-order valence-corrected chi connectivity index (χ0v) is 11.0. The number of rotatable bonds is 3. The minimum Gasteiger partial charge on any atom is -0.289 e. The standard InChI is InChI=1S/C15H10BrFO/c16-13-3-1-2-11(10-13)4-9-15(18)12-5-7-14(17)8-6-12/h1-10H/b9-4+. The number of halogens is 2.